The Bertz CT molecular complexity index is 1200. The molecule has 0 aliphatic carbocycles. The summed E-state index contributed by atoms with van der Waals surface area (Å²) in [7, 11) is 0. The summed E-state index contributed by atoms with van der Waals surface area (Å²) < 4.78 is 40.5. The van der Waals surface area contributed by atoms with E-state index in [-0.39, 0.29) is 18.1 Å². The summed E-state index contributed by atoms with van der Waals surface area (Å²) >= 11 is 0. The van der Waals surface area contributed by atoms with Crippen LogP contribution in [0.5, 0.6) is 0 Å². The molecular formula is C23H24F3N5O2. The van der Waals surface area contributed by atoms with E-state index in [0.29, 0.717) is 11.3 Å². The molecule has 2 aromatic carbocycles. The Hall–Kier alpha value is -3.82. The topological polar surface area (TPSA) is 116 Å². The second kappa shape index (κ2) is 8.97. The largest absolute Gasteiger partial charge is 0.397 e. The number of aromatic nitrogens is 2. The minimum Gasteiger partial charge on any atom is -0.395 e. The maximum absolute atomic E-state index is 13.2. The van der Waals surface area contributed by atoms with Gasteiger partial charge in [-0.05, 0) is 50.1 Å². The van der Waals surface area contributed by atoms with Gasteiger partial charge in [0, 0.05) is 12.1 Å². The number of rotatable bonds is 6. The summed E-state index contributed by atoms with van der Waals surface area (Å²) in [5.74, 6) is -3.19. The quantitative estimate of drug-likeness (QED) is 0.520. The normalized spacial score (nSPS) is 12.4. The third kappa shape index (κ3) is 5.00. The minimum absolute atomic E-state index is 0.220. The number of hydrogen-bond donors (Lipinski definition) is 3. The number of halogens is 3. The van der Waals surface area contributed by atoms with Crippen molar-refractivity contribution in [3.8, 4) is 5.69 Å². The monoisotopic (exact) mass is 459 g/mol. The van der Waals surface area contributed by atoms with Crippen molar-refractivity contribution in [2.45, 2.75) is 39.4 Å². The van der Waals surface area contributed by atoms with E-state index < -0.39 is 29.4 Å². The van der Waals surface area contributed by atoms with Gasteiger partial charge < -0.3 is 16.8 Å². The van der Waals surface area contributed by atoms with Crippen molar-refractivity contribution in [2.24, 2.45) is 5.73 Å². The van der Waals surface area contributed by atoms with Crippen molar-refractivity contribution in [1.29, 1.82) is 0 Å². The number of anilines is 1. The zero-order valence-corrected chi connectivity index (χ0v) is 18.3. The minimum atomic E-state index is -4.58. The van der Waals surface area contributed by atoms with Crippen molar-refractivity contribution >= 4 is 17.5 Å². The van der Waals surface area contributed by atoms with Crippen LogP contribution in [-0.4, -0.2) is 27.8 Å². The van der Waals surface area contributed by atoms with Crippen LogP contribution in [0.25, 0.3) is 5.69 Å². The number of amides is 2. The molecule has 0 spiro atoms. The molecule has 0 aliphatic rings. The highest BCUT2D eigenvalue weighted by atomic mass is 19.4. The van der Waals surface area contributed by atoms with Gasteiger partial charge in [0.15, 0.2) is 5.69 Å². The van der Waals surface area contributed by atoms with Crippen molar-refractivity contribution in [3.05, 3.63) is 76.1 Å². The van der Waals surface area contributed by atoms with Crippen LogP contribution < -0.4 is 16.8 Å². The summed E-state index contributed by atoms with van der Waals surface area (Å²) in [5, 5.41) is 6.77. The molecule has 2 amide bonds. The first-order valence-electron chi connectivity index (χ1n) is 10.1. The Morgan fingerprint density at radius 2 is 1.76 bits per heavy atom. The number of benzene rings is 2. The molecule has 3 aromatic rings. The standard InChI is InChI=1S/C23H24F3N5O2/c1-12-4-5-13(2)17(10-12)22(33)29-11-15-6-8-16(9-7-15)31-20(21(28)32)18(27)19(30-31)14(3)23(24,25)26/h4-10,14H,11,27H2,1-3H3,(H2,28,32)(H,29,33). The average molecular weight is 459 g/mol. The number of carbonyl (C=O) groups excluding carboxylic acids is 2. The summed E-state index contributed by atoms with van der Waals surface area (Å²) in [6.07, 6.45) is -4.58. The second-order valence-electron chi connectivity index (χ2n) is 7.85. The number of aryl methyl sites for hydroxylation is 2. The van der Waals surface area contributed by atoms with E-state index in [2.05, 4.69) is 10.4 Å². The van der Waals surface area contributed by atoms with E-state index in [1.54, 1.807) is 30.3 Å². The molecule has 0 fully saturated rings. The number of nitrogens with zero attached hydrogens (tertiary/aromatic N) is 2. The van der Waals surface area contributed by atoms with E-state index in [1.807, 2.05) is 26.0 Å². The van der Waals surface area contributed by atoms with Gasteiger partial charge in [-0.3, -0.25) is 9.59 Å². The third-order valence-corrected chi connectivity index (χ3v) is 5.36. The molecule has 0 saturated heterocycles. The number of nitrogens with one attached hydrogen (secondary N) is 1. The summed E-state index contributed by atoms with van der Waals surface area (Å²) in [6, 6.07) is 12.0. The van der Waals surface area contributed by atoms with Crippen LogP contribution in [0.3, 0.4) is 0 Å². The molecule has 10 heteroatoms. The molecule has 1 heterocycles. The Kier molecular flexibility index (Phi) is 6.48. The highest BCUT2D eigenvalue weighted by Gasteiger charge is 2.41. The maximum atomic E-state index is 13.2. The van der Waals surface area contributed by atoms with E-state index in [4.69, 9.17) is 11.5 Å². The van der Waals surface area contributed by atoms with Gasteiger partial charge in [-0.1, -0.05) is 29.8 Å². The lowest BCUT2D eigenvalue weighted by Crippen LogP contribution is -2.23. The molecule has 7 nitrogen and oxygen atoms in total. The fourth-order valence-corrected chi connectivity index (χ4v) is 3.36. The van der Waals surface area contributed by atoms with Crippen LogP contribution in [0.1, 0.15) is 56.1 Å². The summed E-state index contributed by atoms with van der Waals surface area (Å²) in [5.41, 5.74) is 13.4. The van der Waals surface area contributed by atoms with Crippen LogP contribution >= 0.6 is 0 Å². The third-order valence-electron chi connectivity index (χ3n) is 5.36. The molecule has 0 radical (unpaired) electrons. The van der Waals surface area contributed by atoms with Gasteiger partial charge in [0.2, 0.25) is 0 Å². The Balaban J connectivity index is 1.83. The Morgan fingerprint density at radius 1 is 1.12 bits per heavy atom. The van der Waals surface area contributed by atoms with E-state index in [9.17, 15) is 22.8 Å². The molecule has 3 rings (SSSR count). The molecule has 33 heavy (non-hydrogen) atoms. The zero-order valence-electron chi connectivity index (χ0n) is 18.3. The molecule has 0 saturated carbocycles. The zero-order chi connectivity index (χ0) is 24.5. The number of nitrogen functional groups attached to an aromatic ring is 1. The highest BCUT2D eigenvalue weighted by molar-refractivity contribution is 5.97. The Morgan fingerprint density at radius 3 is 2.33 bits per heavy atom. The predicted molar refractivity (Wildman–Crippen MR) is 118 cm³/mol. The van der Waals surface area contributed by atoms with Gasteiger partial charge in [-0.2, -0.15) is 18.3 Å². The molecule has 1 atom stereocenters. The highest BCUT2D eigenvalue weighted by Crippen LogP contribution is 2.37. The van der Waals surface area contributed by atoms with Gasteiger partial charge in [-0.15, -0.1) is 0 Å². The van der Waals surface area contributed by atoms with Gasteiger partial charge in [0.1, 0.15) is 0 Å². The van der Waals surface area contributed by atoms with Gasteiger partial charge in [-0.25, -0.2) is 4.68 Å². The van der Waals surface area contributed by atoms with Crippen molar-refractivity contribution in [3.63, 3.8) is 0 Å². The van der Waals surface area contributed by atoms with Gasteiger partial charge >= 0.3 is 6.18 Å². The molecule has 0 bridgehead atoms. The van der Waals surface area contributed by atoms with E-state index in [1.165, 1.54) is 0 Å². The number of alkyl halides is 3. The van der Waals surface area contributed by atoms with Crippen molar-refractivity contribution < 1.29 is 22.8 Å². The number of nitrogens with two attached hydrogens (primary N) is 2. The average Bonchev–Trinajstić information content (AvgIpc) is 3.10. The first-order valence-corrected chi connectivity index (χ1v) is 10.1. The van der Waals surface area contributed by atoms with Crippen LogP contribution in [0.2, 0.25) is 0 Å². The fraction of sp³-hybridized carbons (Fsp3) is 0.261. The molecule has 1 aromatic heterocycles. The SMILES string of the molecule is Cc1ccc(C)c(C(=O)NCc2ccc(-n3nc(C(C)C(F)(F)F)c(N)c3C(N)=O)cc2)c1. The van der Waals surface area contributed by atoms with Crippen LogP contribution in [0.4, 0.5) is 18.9 Å². The molecule has 5 N–H and O–H groups in total. The van der Waals surface area contributed by atoms with Crippen molar-refractivity contribution in [1.82, 2.24) is 15.1 Å². The Labute approximate surface area is 188 Å². The van der Waals surface area contributed by atoms with Gasteiger partial charge in [0.05, 0.1) is 23.0 Å². The number of hydrogen-bond acceptors (Lipinski definition) is 4. The lowest BCUT2D eigenvalue weighted by Gasteiger charge is -2.13. The lowest BCUT2D eigenvalue weighted by atomic mass is 10.0. The smallest absolute Gasteiger partial charge is 0.395 e. The molecule has 0 aliphatic heterocycles. The van der Waals surface area contributed by atoms with Crippen LogP contribution in [0.15, 0.2) is 42.5 Å². The van der Waals surface area contributed by atoms with E-state index >= 15 is 0 Å². The summed E-state index contributed by atoms with van der Waals surface area (Å²) in [6.45, 7) is 4.89. The number of primary amides is 1. The summed E-state index contributed by atoms with van der Waals surface area (Å²) in [4.78, 5) is 24.4. The van der Waals surface area contributed by atoms with Crippen LogP contribution in [-0.2, 0) is 6.54 Å². The molecule has 174 valence electrons. The second-order valence-corrected chi connectivity index (χ2v) is 7.85. The maximum Gasteiger partial charge on any atom is 0.397 e. The molecule has 1 unspecified atom stereocenters. The number of carbonyl (C=O) groups is 2. The first kappa shape index (κ1) is 23.8. The van der Waals surface area contributed by atoms with Crippen LogP contribution in [0, 0.1) is 13.8 Å². The lowest BCUT2D eigenvalue weighted by molar-refractivity contribution is -0.147. The van der Waals surface area contributed by atoms with Gasteiger partial charge in [0.25, 0.3) is 11.8 Å². The molecular weight excluding hydrogens is 435 g/mol. The first-order chi connectivity index (χ1) is 15.4. The van der Waals surface area contributed by atoms with Crippen molar-refractivity contribution in [2.75, 3.05) is 5.73 Å². The van der Waals surface area contributed by atoms with E-state index in [0.717, 1.165) is 28.3 Å². The predicted octanol–water partition coefficient (Wildman–Crippen LogP) is 3.77. The fourth-order valence-electron chi connectivity index (χ4n) is 3.36.